The van der Waals surface area contributed by atoms with Crippen LogP contribution in [0, 0.1) is 0 Å². The lowest BCUT2D eigenvalue weighted by Gasteiger charge is -2.29. The van der Waals surface area contributed by atoms with Gasteiger partial charge in [-0.2, -0.15) is 0 Å². The molecule has 2 heterocycles. The molecular formula is C48H31NO2. The molecule has 0 atom stereocenters. The maximum atomic E-state index is 6.78. The number of nitrogens with zero attached hydrogens (tertiary/aromatic N) is 1. The topological polar surface area (TPSA) is 29.5 Å². The maximum absolute atomic E-state index is 6.78. The second-order valence-electron chi connectivity index (χ2n) is 12.9. The van der Waals surface area contributed by atoms with Crippen molar-refractivity contribution in [3.8, 4) is 33.4 Å². The van der Waals surface area contributed by atoms with E-state index in [1.807, 2.05) is 18.2 Å². The molecule has 0 fully saturated rings. The summed E-state index contributed by atoms with van der Waals surface area (Å²) in [6, 6.07) is 66.2. The number of furan rings is 2. The fourth-order valence-corrected chi connectivity index (χ4v) is 7.48. The lowest BCUT2D eigenvalue weighted by Crippen LogP contribution is -2.12. The first-order chi connectivity index (χ1) is 25.3. The maximum Gasteiger partial charge on any atom is 0.149 e. The van der Waals surface area contributed by atoms with Gasteiger partial charge in [0.05, 0.1) is 22.1 Å². The van der Waals surface area contributed by atoms with Gasteiger partial charge in [-0.15, -0.1) is 0 Å². The predicted octanol–water partition coefficient (Wildman–Crippen LogP) is 14.0. The Hall–Kier alpha value is -6.84. The van der Waals surface area contributed by atoms with Gasteiger partial charge in [-0.1, -0.05) is 146 Å². The Bertz CT molecular complexity index is 2830. The van der Waals surface area contributed by atoms with Crippen LogP contribution in [0.3, 0.4) is 0 Å². The average Bonchev–Trinajstić information content (AvgIpc) is 3.78. The molecule has 8 aromatic carbocycles. The zero-order valence-corrected chi connectivity index (χ0v) is 27.7. The molecule has 0 amide bonds. The molecule has 0 aliphatic carbocycles. The van der Waals surface area contributed by atoms with Crippen molar-refractivity contribution in [1.82, 2.24) is 0 Å². The molecule has 0 N–H and O–H groups in total. The summed E-state index contributed by atoms with van der Waals surface area (Å²) in [6.45, 7) is 0. The van der Waals surface area contributed by atoms with Crippen LogP contribution in [0.1, 0.15) is 0 Å². The number of benzene rings is 8. The quantitative estimate of drug-likeness (QED) is 0.179. The SMILES string of the molecule is c1ccc(-c2ccc(N(c3ccc(-c4ccccc4)cc3-c3ccccc3)c3cc4oc5ccccc5c4c4oc5ccccc5c34)cc2)cc1. The minimum Gasteiger partial charge on any atom is -0.456 e. The van der Waals surface area contributed by atoms with E-state index >= 15 is 0 Å². The third-order valence-electron chi connectivity index (χ3n) is 9.87. The molecule has 51 heavy (non-hydrogen) atoms. The molecule has 0 saturated heterocycles. The number of rotatable bonds is 6. The van der Waals surface area contributed by atoms with E-state index in [0.29, 0.717) is 0 Å². The van der Waals surface area contributed by atoms with Gasteiger partial charge in [0.2, 0.25) is 0 Å². The Kier molecular flexibility index (Phi) is 6.81. The molecule has 0 unspecified atom stereocenters. The summed E-state index contributed by atoms with van der Waals surface area (Å²) in [4.78, 5) is 2.38. The summed E-state index contributed by atoms with van der Waals surface area (Å²) in [5.41, 5.74) is 13.3. The second-order valence-corrected chi connectivity index (χ2v) is 12.9. The van der Waals surface area contributed by atoms with Crippen molar-refractivity contribution < 1.29 is 8.83 Å². The predicted molar refractivity (Wildman–Crippen MR) is 212 cm³/mol. The third-order valence-corrected chi connectivity index (χ3v) is 9.87. The molecule has 0 saturated carbocycles. The standard InChI is InChI=1S/C48H31NO2/c1-4-14-32(15-5-1)34-24-27-37(28-25-34)49(41-29-26-36(33-16-6-2-7-17-33)30-40(41)35-18-8-3-9-19-35)42-31-45-47(39-21-11-12-22-43(39)50-45)48-46(42)38-20-10-13-23-44(38)51-48/h1-31H. The fourth-order valence-electron chi connectivity index (χ4n) is 7.48. The fraction of sp³-hybridized carbons (Fsp3) is 0. The van der Waals surface area contributed by atoms with E-state index in [1.165, 1.54) is 11.1 Å². The van der Waals surface area contributed by atoms with Crippen molar-refractivity contribution in [2.24, 2.45) is 0 Å². The van der Waals surface area contributed by atoms with Gasteiger partial charge in [0.1, 0.15) is 22.3 Å². The Morgan fingerprint density at radius 1 is 0.333 bits per heavy atom. The van der Waals surface area contributed by atoms with Crippen LogP contribution in [0.2, 0.25) is 0 Å². The van der Waals surface area contributed by atoms with Crippen LogP contribution in [0.4, 0.5) is 17.1 Å². The Morgan fingerprint density at radius 2 is 0.843 bits per heavy atom. The minimum atomic E-state index is 0.783. The molecule has 10 aromatic rings. The van der Waals surface area contributed by atoms with E-state index in [9.17, 15) is 0 Å². The van der Waals surface area contributed by atoms with Crippen LogP contribution < -0.4 is 4.90 Å². The van der Waals surface area contributed by atoms with Crippen molar-refractivity contribution in [1.29, 1.82) is 0 Å². The first-order valence-corrected chi connectivity index (χ1v) is 17.3. The summed E-state index contributed by atoms with van der Waals surface area (Å²) < 4.78 is 13.4. The highest BCUT2D eigenvalue weighted by molar-refractivity contribution is 6.26. The number of para-hydroxylation sites is 2. The summed E-state index contributed by atoms with van der Waals surface area (Å²) in [7, 11) is 0. The Morgan fingerprint density at radius 3 is 1.51 bits per heavy atom. The Labute approximate surface area is 295 Å². The molecule has 10 rings (SSSR count). The number of anilines is 3. The van der Waals surface area contributed by atoms with E-state index in [2.05, 4.69) is 175 Å². The summed E-state index contributed by atoms with van der Waals surface area (Å²) in [6.07, 6.45) is 0. The van der Waals surface area contributed by atoms with Gasteiger partial charge >= 0.3 is 0 Å². The molecule has 0 spiro atoms. The Balaban J connectivity index is 1.30. The van der Waals surface area contributed by atoms with E-state index in [-0.39, 0.29) is 0 Å². The van der Waals surface area contributed by atoms with E-state index < -0.39 is 0 Å². The van der Waals surface area contributed by atoms with Gasteiger partial charge < -0.3 is 13.7 Å². The summed E-state index contributed by atoms with van der Waals surface area (Å²) >= 11 is 0. The molecule has 0 aliphatic heterocycles. The molecule has 0 aliphatic rings. The molecule has 3 heteroatoms. The van der Waals surface area contributed by atoms with E-state index in [4.69, 9.17) is 8.83 Å². The highest BCUT2D eigenvalue weighted by atomic mass is 16.3. The monoisotopic (exact) mass is 653 g/mol. The van der Waals surface area contributed by atoms with Crippen molar-refractivity contribution in [2.75, 3.05) is 4.90 Å². The van der Waals surface area contributed by atoms with Gasteiger partial charge in [-0.3, -0.25) is 0 Å². The largest absolute Gasteiger partial charge is 0.456 e. The van der Waals surface area contributed by atoms with Crippen molar-refractivity contribution >= 4 is 60.9 Å². The highest BCUT2D eigenvalue weighted by Crippen LogP contribution is 2.50. The van der Waals surface area contributed by atoms with E-state index in [0.717, 1.165) is 83.2 Å². The summed E-state index contributed by atoms with van der Waals surface area (Å²) in [5.74, 6) is 0. The molecular weight excluding hydrogens is 623 g/mol. The minimum absolute atomic E-state index is 0.783. The zero-order chi connectivity index (χ0) is 33.7. The van der Waals surface area contributed by atoms with Crippen LogP contribution in [-0.2, 0) is 0 Å². The van der Waals surface area contributed by atoms with Crippen molar-refractivity contribution in [2.45, 2.75) is 0 Å². The second kappa shape index (κ2) is 11.9. The van der Waals surface area contributed by atoms with Gasteiger partial charge in [-0.05, 0) is 64.2 Å². The third kappa shape index (κ3) is 4.90. The van der Waals surface area contributed by atoms with Gasteiger partial charge in [0, 0.05) is 28.1 Å². The normalized spacial score (nSPS) is 11.5. The van der Waals surface area contributed by atoms with E-state index in [1.54, 1.807) is 0 Å². The lowest BCUT2D eigenvalue weighted by molar-refractivity contribution is 0.663. The average molecular weight is 654 g/mol. The van der Waals surface area contributed by atoms with Gasteiger partial charge in [0.15, 0.2) is 0 Å². The first kappa shape index (κ1) is 29.1. The molecule has 0 radical (unpaired) electrons. The summed E-state index contributed by atoms with van der Waals surface area (Å²) in [5, 5.41) is 4.13. The van der Waals surface area contributed by atoms with Crippen LogP contribution in [0.15, 0.2) is 197 Å². The number of fused-ring (bicyclic) bond motifs is 7. The van der Waals surface area contributed by atoms with Crippen molar-refractivity contribution in [3.05, 3.63) is 188 Å². The van der Waals surface area contributed by atoms with Crippen LogP contribution in [0.5, 0.6) is 0 Å². The smallest absolute Gasteiger partial charge is 0.149 e. The number of hydrogen-bond acceptors (Lipinski definition) is 3. The van der Waals surface area contributed by atoms with Gasteiger partial charge in [0.25, 0.3) is 0 Å². The van der Waals surface area contributed by atoms with Crippen LogP contribution in [0.25, 0.3) is 77.3 Å². The molecule has 240 valence electrons. The zero-order valence-electron chi connectivity index (χ0n) is 27.7. The first-order valence-electron chi connectivity index (χ1n) is 17.3. The highest BCUT2D eigenvalue weighted by Gasteiger charge is 2.26. The number of hydrogen-bond donors (Lipinski definition) is 0. The lowest BCUT2D eigenvalue weighted by atomic mass is 9.95. The molecule has 0 bridgehead atoms. The molecule has 2 aromatic heterocycles. The van der Waals surface area contributed by atoms with Crippen LogP contribution in [-0.4, -0.2) is 0 Å². The van der Waals surface area contributed by atoms with Gasteiger partial charge in [-0.25, -0.2) is 0 Å². The molecule has 3 nitrogen and oxygen atoms in total. The van der Waals surface area contributed by atoms with Crippen LogP contribution >= 0.6 is 0 Å². The van der Waals surface area contributed by atoms with Crippen molar-refractivity contribution in [3.63, 3.8) is 0 Å².